The van der Waals surface area contributed by atoms with Gasteiger partial charge in [-0.25, -0.2) is 9.78 Å². The largest absolute Gasteiger partial charge is 0.463 e. The lowest BCUT2D eigenvalue weighted by molar-refractivity contribution is 0.0563. The number of aromatic nitrogens is 2. The first-order chi connectivity index (χ1) is 8.79. The van der Waals surface area contributed by atoms with E-state index in [0.717, 1.165) is 13.1 Å². The Labute approximate surface area is 105 Å². The molecule has 0 fully saturated rings. The van der Waals surface area contributed by atoms with Crippen molar-refractivity contribution in [2.24, 2.45) is 0 Å². The molecule has 0 aliphatic rings. The maximum Gasteiger partial charge on any atom is 0.373 e. The Morgan fingerprint density at radius 3 is 3.17 bits per heavy atom. The molecule has 0 spiro atoms. The van der Waals surface area contributed by atoms with Gasteiger partial charge in [0.15, 0.2) is 0 Å². The molecule has 0 saturated carbocycles. The summed E-state index contributed by atoms with van der Waals surface area (Å²) in [4.78, 5) is 15.1. The van der Waals surface area contributed by atoms with Crippen molar-refractivity contribution in [3.05, 3.63) is 42.4 Å². The smallest absolute Gasteiger partial charge is 0.373 e. The normalized spacial score (nSPS) is 10.5. The first-order valence-electron chi connectivity index (χ1n) is 5.63. The van der Waals surface area contributed by atoms with Crippen molar-refractivity contribution in [2.75, 3.05) is 13.7 Å². The van der Waals surface area contributed by atoms with E-state index in [9.17, 15) is 4.79 Å². The molecule has 2 aromatic rings. The molecular formula is C12H15N3O3. The summed E-state index contributed by atoms with van der Waals surface area (Å²) in [5.41, 5.74) is 0. The second-order valence-electron chi connectivity index (χ2n) is 3.73. The lowest BCUT2D eigenvalue weighted by Gasteiger charge is -2.03. The summed E-state index contributed by atoms with van der Waals surface area (Å²) < 4.78 is 11.9. The fourth-order valence-corrected chi connectivity index (χ4v) is 1.52. The molecule has 6 nitrogen and oxygen atoms in total. The average Bonchev–Trinajstić information content (AvgIpc) is 3.05. The van der Waals surface area contributed by atoms with E-state index in [1.165, 1.54) is 7.11 Å². The van der Waals surface area contributed by atoms with E-state index in [0.29, 0.717) is 12.3 Å². The van der Waals surface area contributed by atoms with E-state index in [-0.39, 0.29) is 5.76 Å². The summed E-state index contributed by atoms with van der Waals surface area (Å²) in [6, 6.07) is 3.37. The van der Waals surface area contributed by atoms with Crippen molar-refractivity contribution in [3.8, 4) is 0 Å². The maximum atomic E-state index is 11.2. The van der Waals surface area contributed by atoms with Crippen molar-refractivity contribution in [3.63, 3.8) is 0 Å². The highest BCUT2D eigenvalue weighted by Gasteiger charge is 2.10. The second-order valence-corrected chi connectivity index (χ2v) is 3.73. The predicted molar refractivity (Wildman–Crippen MR) is 64.0 cm³/mol. The minimum Gasteiger partial charge on any atom is -0.463 e. The highest BCUT2D eigenvalue weighted by Crippen LogP contribution is 2.08. The number of furan rings is 1. The van der Waals surface area contributed by atoms with Gasteiger partial charge in [0.05, 0.1) is 20.0 Å². The molecule has 1 N–H and O–H groups in total. The van der Waals surface area contributed by atoms with Gasteiger partial charge in [0, 0.05) is 25.5 Å². The van der Waals surface area contributed by atoms with Crippen LogP contribution < -0.4 is 5.32 Å². The molecule has 18 heavy (non-hydrogen) atoms. The molecule has 0 aliphatic carbocycles. The molecule has 0 radical (unpaired) electrons. The van der Waals surface area contributed by atoms with Crippen molar-refractivity contribution >= 4 is 5.97 Å². The number of nitrogens with one attached hydrogen (secondary N) is 1. The lowest BCUT2D eigenvalue weighted by Crippen LogP contribution is -2.18. The van der Waals surface area contributed by atoms with E-state index in [2.05, 4.69) is 15.0 Å². The van der Waals surface area contributed by atoms with Crippen LogP contribution in [0.4, 0.5) is 0 Å². The first kappa shape index (κ1) is 12.4. The van der Waals surface area contributed by atoms with Gasteiger partial charge in [0.25, 0.3) is 0 Å². The summed E-state index contributed by atoms with van der Waals surface area (Å²) >= 11 is 0. The Hall–Kier alpha value is -2.08. The number of hydrogen-bond donors (Lipinski definition) is 1. The summed E-state index contributed by atoms with van der Waals surface area (Å²) in [5, 5.41) is 3.22. The molecule has 0 atom stereocenters. The van der Waals surface area contributed by atoms with E-state index >= 15 is 0 Å². The number of hydrogen-bond acceptors (Lipinski definition) is 5. The third-order valence-electron chi connectivity index (χ3n) is 2.45. The van der Waals surface area contributed by atoms with Crippen molar-refractivity contribution in [1.82, 2.24) is 14.9 Å². The van der Waals surface area contributed by atoms with Crippen LogP contribution in [-0.4, -0.2) is 29.2 Å². The Morgan fingerprint density at radius 2 is 2.44 bits per heavy atom. The monoisotopic (exact) mass is 249 g/mol. The summed E-state index contributed by atoms with van der Waals surface area (Å²) in [5.74, 6) is 0.476. The molecule has 0 aliphatic heterocycles. The summed E-state index contributed by atoms with van der Waals surface area (Å²) in [6.45, 7) is 2.21. The Bertz CT molecular complexity index is 490. The number of nitrogens with zero attached hydrogens (tertiary/aromatic N) is 2. The Balaban J connectivity index is 1.73. The molecular weight excluding hydrogens is 234 g/mol. The number of imidazole rings is 1. The summed E-state index contributed by atoms with van der Waals surface area (Å²) in [7, 11) is 1.33. The van der Waals surface area contributed by atoms with Gasteiger partial charge in [-0.05, 0) is 12.1 Å². The van der Waals surface area contributed by atoms with Crippen molar-refractivity contribution in [1.29, 1.82) is 0 Å². The molecule has 0 saturated heterocycles. The molecule has 2 aromatic heterocycles. The number of carbonyl (C=O) groups excluding carboxylic acids is 1. The van der Waals surface area contributed by atoms with Crippen LogP contribution in [0, 0.1) is 0 Å². The van der Waals surface area contributed by atoms with Gasteiger partial charge >= 0.3 is 5.97 Å². The Morgan fingerprint density at radius 1 is 1.56 bits per heavy atom. The van der Waals surface area contributed by atoms with Gasteiger partial charge in [-0.3, -0.25) is 0 Å². The van der Waals surface area contributed by atoms with Crippen LogP contribution in [-0.2, 0) is 17.8 Å². The van der Waals surface area contributed by atoms with Gasteiger partial charge in [-0.2, -0.15) is 0 Å². The minimum absolute atomic E-state index is 0.226. The van der Waals surface area contributed by atoms with E-state index in [4.69, 9.17) is 4.42 Å². The SMILES string of the molecule is COC(=O)c1ccc(CNCCn2ccnc2)o1. The van der Waals surface area contributed by atoms with Crippen molar-refractivity contribution < 1.29 is 13.9 Å². The molecule has 0 unspecified atom stereocenters. The summed E-state index contributed by atoms with van der Waals surface area (Å²) in [6.07, 6.45) is 5.42. The fourth-order valence-electron chi connectivity index (χ4n) is 1.52. The van der Waals surface area contributed by atoms with Gasteiger partial charge in [0.2, 0.25) is 5.76 Å². The lowest BCUT2D eigenvalue weighted by atomic mass is 10.4. The second kappa shape index (κ2) is 6.02. The standard InChI is InChI=1S/C12H15N3O3/c1-17-12(16)11-3-2-10(18-11)8-13-4-6-15-7-5-14-9-15/h2-3,5,7,9,13H,4,6,8H2,1H3. The predicted octanol–water partition coefficient (Wildman–Crippen LogP) is 1.05. The number of carbonyl (C=O) groups is 1. The van der Waals surface area contributed by atoms with Crippen LogP contribution in [0.2, 0.25) is 0 Å². The topological polar surface area (TPSA) is 69.3 Å². The molecule has 96 valence electrons. The van der Waals surface area contributed by atoms with Crippen LogP contribution in [0.5, 0.6) is 0 Å². The zero-order valence-electron chi connectivity index (χ0n) is 10.1. The van der Waals surface area contributed by atoms with E-state index in [1.807, 2.05) is 10.8 Å². The maximum absolute atomic E-state index is 11.2. The molecule has 0 aromatic carbocycles. The van der Waals surface area contributed by atoms with Gasteiger partial charge < -0.3 is 19.0 Å². The number of esters is 1. The number of rotatable bonds is 6. The van der Waals surface area contributed by atoms with Gasteiger partial charge in [-0.1, -0.05) is 0 Å². The number of ether oxygens (including phenoxy) is 1. The van der Waals surface area contributed by atoms with Crippen LogP contribution in [0.15, 0.2) is 35.3 Å². The zero-order valence-corrected chi connectivity index (χ0v) is 10.1. The van der Waals surface area contributed by atoms with E-state index in [1.54, 1.807) is 24.7 Å². The molecule has 0 amide bonds. The zero-order chi connectivity index (χ0) is 12.8. The van der Waals surface area contributed by atoms with Crippen LogP contribution >= 0.6 is 0 Å². The van der Waals surface area contributed by atoms with E-state index < -0.39 is 5.97 Å². The third kappa shape index (κ3) is 3.21. The Kier molecular flexibility index (Phi) is 4.14. The highest BCUT2D eigenvalue weighted by atomic mass is 16.5. The highest BCUT2D eigenvalue weighted by molar-refractivity contribution is 5.86. The molecule has 0 bridgehead atoms. The molecule has 2 heterocycles. The minimum atomic E-state index is -0.459. The first-order valence-corrected chi connectivity index (χ1v) is 5.63. The van der Waals surface area contributed by atoms with Crippen LogP contribution in [0.1, 0.15) is 16.3 Å². The molecule has 2 rings (SSSR count). The van der Waals surface area contributed by atoms with Gasteiger partial charge in [0.1, 0.15) is 5.76 Å². The van der Waals surface area contributed by atoms with Crippen LogP contribution in [0.3, 0.4) is 0 Å². The van der Waals surface area contributed by atoms with Crippen molar-refractivity contribution in [2.45, 2.75) is 13.1 Å². The average molecular weight is 249 g/mol. The van der Waals surface area contributed by atoms with Crippen LogP contribution in [0.25, 0.3) is 0 Å². The quantitative estimate of drug-likeness (QED) is 0.612. The number of methoxy groups -OCH3 is 1. The fraction of sp³-hybridized carbons (Fsp3) is 0.333. The molecule has 6 heteroatoms. The third-order valence-corrected chi connectivity index (χ3v) is 2.45. The van der Waals surface area contributed by atoms with Gasteiger partial charge in [-0.15, -0.1) is 0 Å².